The number of hydrogen-bond donors (Lipinski definition) is 0. The van der Waals surface area contributed by atoms with Crippen molar-refractivity contribution < 1.29 is 9.21 Å². The SMILES string of the molecule is C[C@@H](c1cc2ccccc2o1)N(C)C(=O)[C@@]1(C)CC1(Cl)Cl. The molecule has 112 valence electrons. The Hall–Kier alpha value is -1.19. The number of halogens is 2. The van der Waals surface area contributed by atoms with Gasteiger partial charge in [-0.15, -0.1) is 23.2 Å². The Balaban J connectivity index is 1.84. The monoisotopic (exact) mass is 325 g/mol. The lowest BCUT2D eigenvalue weighted by Crippen LogP contribution is -2.36. The van der Waals surface area contributed by atoms with Gasteiger partial charge in [0.25, 0.3) is 0 Å². The fraction of sp³-hybridized carbons (Fsp3) is 0.438. The molecule has 3 rings (SSSR count). The molecule has 1 aliphatic rings. The molecule has 1 saturated carbocycles. The lowest BCUT2D eigenvalue weighted by Gasteiger charge is -2.27. The van der Waals surface area contributed by atoms with Crippen LogP contribution in [0.1, 0.15) is 32.1 Å². The van der Waals surface area contributed by atoms with Gasteiger partial charge in [-0.1, -0.05) is 18.2 Å². The van der Waals surface area contributed by atoms with Crippen molar-refractivity contribution in [3.8, 4) is 0 Å². The van der Waals surface area contributed by atoms with Gasteiger partial charge in [0.2, 0.25) is 5.91 Å². The van der Waals surface area contributed by atoms with E-state index in [4.69, 9.17) is 27.6 Å². The number of nitrogens with zero attached hydrogens (tertiary/aromatic N) is 1. The van der Waals surface area contributed by atoms with Crippen LogP contribution in [-0.2, 0) is 4.79 Å². The molecule has 0 saturated heterocycles. The molecule has 2 atom stereocenters. The van der Waals surface area contributed by atoms with E-state index in [-0.39, 0.29) is 11.9 Å². The highest BCUT2D eigenvalue weighted by molar-refractivity contribution is 6.53. The number of amides is 1. The highest BCUT2D eigenvalue weighted by atomic mass is 35.5. The summed E-state index contributed by atoms with van der Waals surface area (Å²) in [5.41, 5.74) is 0.118. The third-order valence-corrected chi connectivity index (χ3v) is 5.59. The van der Waals surface area contributed by atoms with Crippen LogP contribution >= 0.6 is 23.2 Å². The number of rotatable bonds is 3. The number of fused-ring (bicyclic) bond motifs is 1. The molecule has 3 nitrogen and oxygen atoms in total. The van der Waals surface area contributed by atoms with Crippen LogP contribution in [0.3, 0.4) is 0 Å². The zero-order valence-corrected chi connectivity index (χ0v) is 13.7. The van der Waals surface area contributed by atoms with Gasteiger partial charge in [0.15, 0.2) is 0 Å². The van der Waals surface area contributed by atoms with Gasteiger partial charge in [-0.3, -0.25) is 4.79 Å². The average molecular weight is 326 g/mol. The van der Waals surface area contributed by atoms with Gasteiger partial charge in [0.05, 0.1) is 11.5 Å². The molecule has 0 radical (unpaired) electrons. The molecule has 0 aliphatic heterocycles. The number of carbonyl (C=O) groups is 1. The third kappa shape index (κ3) is 2.23. The largest absolute Gasteiger partial charge is 0.459 e. The predicted octanol–water partition coefficient (Wildman–Crippen LogP) is 4.54. The van der Waals surface area contributed by atoms with Crippen LogP contribution in [0.5, 0.6) is 0 Å². The Bertz CT molecular complexity index is 676. The Labute approximate surface area is 133 Å². The number of alkyl halides is 2. The van der Waals surface area contributed by atoms with Gasteiger partial charge in [0.1, 0.15) is 15.7 Å². The summed E-state index contributed by atoms with van der Waals surface area (Å²) in [4.78, 5) is 14.2. The highest BCUT2D eigenvalue weighted by Crippen LogP contribution is 2.64. The van der Waals surface area contributed by atoms with Gasteiger partial charge in [-0.25, -0.2) is 0 Å². The Kier molecular flexibility index (Phi) is 3.26. The van der Waals surface area contributed by atoms with Crippen LogP contribution in [0.25, 0.3) is 11.0 Å². The summed E-state index contributed by atoms with van der Waals surface area (Å²) in [6.07, 6.45) is 0.485. The van der Waals surface area contributed by atoms with E-state index >= 15 is 0 Å². The molecule has 0 spiro atoms. The number of para-hydroxylation sites is 1. The molecular formula is C16H17Cl2NO2. The van der Waals surface area contributed by atoms with Crippen LogP contribution in [0, 0.1) is 5.41 Å². The maximum atomic E-state index is 12.6. The first-order valence-electron chi connectivity index (χ1n) is 6.90. The second kappa shape index (κ2) is 4.65. The van der Waals surface area contributed by atoms with E-state index in [2.05, 4.69) is 0 Å². The molecular weight excluding hydrogens is 309 g/mol. The summed E-state index contributed by atoms with van der Waals surface area (Å²) < 4.78 is 4.87. The van der Waals surface area contributed by atoms with Crippen LogP contribution in [0.4, 0.5) is 0 Å². The zero-order valence-electron chi connectivity index (χ0n) is 12.2. The fourth-order valence-corrected chi connectivity index (χ4v) is 3.29. The molecule has 2 aromatic rings. The molecule has 1 aromatic heterocycles. The van der Waals surface area contributed by atoms with Crippen molar-refractivity contribution in [3.63, 3.8) is 0 Å². The third-order valence-electron chi connectivity index (χ3n) is 4.49. The lowest BCUT2D eigenvalue weighted by molar-refractivity contribution is -0.137. The van der Waals surface area contributed by atoms with Gasteiger partial charge >= 0.3 is 0 Å². The molecule has 5 heteroatoms. The Morgan fingerprint density at radius 1 is 1.38 bits per heavy atom. The summed E-state index contributed by atoms with van der Waals surface area (Å²) in [7, 11) is 1.76. The van der Waals surface area contributed by atoms with Crippen molar-refractivity contribution in [2.24, 2.45) is 5.41 Å². The van der Waals surface area contributed by atoms with E-state index < -0.39 is 9.75 Å². The number of carbonyl (C=O) groups excluding carboxylic acids is 1. The highest BCUT2D eigenvalue weighted by Gasteiger charge is 2.68. The fourth-order valence-electron chi connectivity index (χ4n) is 2.60. The first-order valence-corrected chi connectivity index (χ1v) is 7.65. The zero-order chi connectivity index (χ0) is 15.4. The second-order valence-electron chi connectivity index (χ2n) is 5.99. The summed E-state index contributed by atoms with van der Waals surface area (Å²) in [5, 5.41) is 1.03. The normalized spacial score (nSPS) is 24.8. The van der Waals surface area contributed by atoms with E-state index in [1.807, 2.05) is 37.3 Å². The first kappa shape index (κ1) is 14.7. The van der Waals surface area contributed by atoms with Crippen molar-refractivity contribution in [1.29, 1.82) is 0 Å². The minimum absolute atomic E-state index is 0.0551. The van der Waals surface area contributed by atoms with Crippen molar-refractivity contribution in [1.82, 2.24) is 4.90 Å². The predicted molar refractivity (Wildman–Crippen MR) is 84.6 cm³/mol. The quantitative estimate of drug-likeness (QED) is 0.776. The topological polar surface area (TPSA) is 33.5 Å². The molecule has 1 amide bonds. The minimum Gasteiger partial charge on any atom is -0.459 e. The molecule has 1 aliphatic carbocycles. The van der Waals surface area contributed by atoms with E-state index in [9.17, 15) is 4.79 Å². The smallest absolute Gasteiger partial charge is 0.232 e. The maximum Gasteiger partial charge on any atom is 0.232 e. The molecule has 0 N–H and O–H groups in total. The summed E-state index contributed by atoms with van der Waals surface area (Å²) in [5.74, 6) is 0.700. The Morgan fingerprint density at radius 2 is 2.00 bits per heavy atom. The summed E-state index contributed by atoms with van der Waals surface area (Å²) >= 11 is 12.2. The number of hydrogen-bond acceptors (Lipinski definition) is 2. The van der Waals surface area contributed by atoms with Crippen LogP contribution < -0.4 is 0 Å². The molecule has 1 aromatic carbocycles. The van der Waals surface area contributed by atoms with Crippen LogP contribution in [0.15, 0.2) is 34.7 Å². The van der Waals surface area contributed by atoms with Gasteiger partial charge < -0.3 is 9.32 Å². The lowest BCUT2D eigenvalue weighted by atomic mass is 10.1. The van der Waals surface area contributed by atoms with Gasteiger partial charge in [-0.05, 0) is 32.4 Å². The van der Waals surface area contributed by atoms with Crippen molar-refractivity contribution in [2.45, 2.75) is 30.6 Å². The van der Waals surface area contributed by atoms with Crippen molar-refractivity contribution in [2.75, 3.05) is 7.05 Å². The Morgan fingerprint density at radius 3 is 2.57 bits per heavy atom. The standard InChI is InChI=1S/C16H17Cl2NO2/c1-10(13-8-11-6-4-5-7-12(11)21-13)19(3)14(20)15(2)9-16(15,17)18/h4-8,10H,9H2,1-3H3/t10-,15+/m0/s1. The first-order chi connectivity index (χ1) is 9.76. The number of furan rings is 1. The summed E-state index contributed by atoms with van der Waals surface area (Å²) in [6.45, 7) is 3.74. The molecule has 0 bridgehead atoms. The van der Waals surface area contributed by atoms with Crippen molar-refractivity contribution in [3.05, 3.63) is 36.1 Å². The molecule has 21 heavy (non-hydrogen) atoms. The summed E-state index contributed by atoms with van der Waals surface area (Å²) in [6, 6.07) is 9.58. The van der Waals surface area contributed by atoms with E-state index in [0.29, 0.717) is 6.42 Å². The minimum atomic E-state index is -0.952. The van der Waals surface area contributed by atoms with Gasteiger partial charge in [-0.2, -0.15) is 0 Å². The molecule has 1 fully saturated rings. The van der Waals surface area contributed by atoms with E-state index in [1.165, 1.54) is 0 Å². The second-order valence-corrected chi connectivity index (χ2v) is 7.48. The average Bonchev–Trinajstić information content (AvgIpc) is 2.82. The molecule has 0 unspecified atom stereocenters. The van der Waals surface area contributed by atoms with Crippen molar-refractivity contribution >= 4 is 40.1 Å². The molecule has 1 heterocycles. The van der Waals surface area contributed by atoms with Gasteiger partial charge in [0, 0.05) is 12.4 Å². The van der Waals surface area contributed by atoms with E-state index in [0.717, 1.165) is 16.7 Å². The van der Waals surface area contributed by atoms with Crippen LogP contribution in [-0.4, -0.2) is 22.2 Å². The van der Waals surface area contributed by atoms with E-state index in [1.54, 1.807) is 18.9 Å². The number of benzene rings is 1. The van der Waals surface area contributed by atoms with Crippen LogP contribution in [0.2, 0.25) is 0 Å². The maximum absolute atomic E-state index is 12.6.